The molecule has 0 unspecified atom stereocenters. The van der Waals surface area contributed by atoms with E-state index in [0.29, 0.717) is 6.61 Å². The lowest BCUT2D eigenvalue weighted by molar-refractivity contribution is 0.318. The van der Waals surface area contributed by atoms with Crippen LogP contribution in [0.2, 0.25) is 0 Å². The average molecular weight is 256 g/mol. The minimum atomic E-state index is 0.688. The van der Waals surface area contributed by atoms with Crippen molar-refractivity contribution < 1.29 is 4.74 Å². The van der Waals surface area contributed by atoms with Gasteiger partial charge in [0.1, 0.15) is 5.75 Å². The first-order valence-electron chi connectivity index (χ1n) is 6.70. The van der Waals surface area contributed by atoms with Gasteiger partial charge in [0.15, 0.2) is 0 Å². The Bertz CT molecular complexity index is 485. The van der Waals surface area contributed by atoms with Crippen LogP contribution in [-0.4, -0.2) is 18.1 Å². The molecular weight excluding hydrogens is 236 g/mol. The quantitative estimate of drug-likeness (QED) is 0.827. The number of aromatic nitrogens is 1. The first-order valence-corrected chi connectivity index (χ1v) is 6.70. The Labute approximate surface area is 114 Å². The maximum Gasteiger partial charge on any atom is 0.123 e. The first-order chi connectivity index (χ1) is 9.40. The summed E-state index contributed by atoms with van der Waals surface area (Å²) in [5.74, 6) is 0.970. The van der Waals surface area contributed by atoms with Crippen LogP contribution in [0.25, 0.3) is 0 Å². The summed E-state index contributed by atoms with van der Waals surface area (Å²) in [5, 5.41) is 3.32. The van der Waals surface area contributed by atoms with E-state index in [1.165, 1.54) is 11.1 Å². The number of nitrogens with one attached hydrogen (secondary N) is 1. The predicted octanol–water partition coefficient (Wildman–Crippen LogP) is 2.81. The van der Waals surface area contributed by atoms with E-state index in [9.17, 15) is 0 Å². The van der Waals surface area contributed by atoms with Gasteiger partial charge in [-0.3, -0.25) is 4.98 Å². The van der Waals surface area contributed by atoms with E-state index in [2.05, 4.69) is 23.3 Å². The van der Waals surface area contributed by atoms with Crippen molar-refractivity contribution in [3.63, 3.8) is 0 Å². The van der Waals surface area contributed by atoms with E-state index >= 15 is 0 Å². The van der Waals surface area contributed by atoms with Gasteiger partial charge in [0, 0.05) is 30.9 Å². The molecular formula is C16H20N2O. The summed E-state index contributed by atoms with van der Waals surface area (Å²) in [6.07, 6.45) is 4.53. The molecule has 0 aliphatic carbocycles. The SMILES string of the molecule is CCNCc1ccccc1OCCc1ccncc1. The Hall–Kier alpha value is -1.87. The second-order valence-corrected chi connectivity index (χ2v) is 4.34. The van der Waals surface area contributed by atoms with Crippen LogP contribution in [0.15, 0.2) is 48.8 Å². The first kappa shape index (κ1) is 13.6. The molecule has 3 heteroatoms. The third kappa shape index (κ3) is 4.38. The van der Waals surface area contributed by atoms with Gasteiger partial charge in [-0.1, -0.05) is 25.1 Å². The molecule has 1 heterocycles. The zero-order chi connectivity index (χ0) is 13.3. The molecule has 0 spiro atoms. The van der Waals surface area contributed by atoms with Gasteiger partial charge in [0.25, 0.3) is 0 Å². The molecule has 2 rings (SSSR count). The molecule has 0 aliphatic heterocycles. The van der Waals surface area contributed by atoms with Crippen molar-refractivity contribution in [1.29, 1.82) is 0 Å². The Morgan fingerprint density at radius 3 is 2.68 bits per heavy atom. The second-order valence-electron chi connectivity index (χ2n) is 4.34. The summed E-state index contributed by atoms with van der Waals surface area (Å²) < 4.78 is 5.88. The molecule has 0 saturated heterocycles. The third-order valence-electron chi connectivity index (χ3n) is 2.94. The Morgan fingerprint density at radius 2 is 1.89 bits per heavy atom. The monoisotopic (exact) mass is 256 g/mol. The van der Waals surface area contributed by atoms with Crippen LogP contribution >= 0.6 is 0 Å². The Kier molecular flexibility index (Phi) is 5.38. The van der Waals surface area contributed by atoms with Gasteiger partial charge in [0.05, 0.1) is 6.61 Å². The molecule has 19 heavy (non-hydrogen) atoms. The normalized spacial score (nSPS) is 10.4. The maximum absolute atomic E-state index is 5.88. The van der Waals surface area contributed by atoms with Gasteiger partial charge in [-0.2, -0.15) is 0 Å². The summed E-state index contributed by atoms with van der Waals surface area (Å²) in [6.45, 7) is 4.60. The lowest BCUT2D eigenvalue weighted by Gasteiger charge is -2.11. The fraction of sp³-hybridized carbons (Fsp3) is 0.312. The van der Waals surface area contributed by atoms with E-state index in [1.807, 2.05) is 42.7 Å². The molecule has 0 bridgehead atoms. The zero-order valence-electron chi connectivity index (χ0n) is 11.3. The number of benzene rings is 1. The van der Waals surface area contributed by atoms with E-state index in [1.54, 1.807) is 0 Å². The minimum absolute atomic E-state index is 0.688. The van der Waals surface area contributed by atoms with E-state index in [0.717, 1.165) is 25.3 Å². The van der Waals surface area contributed by atoms with Crippen LogP contribution in [0, 0.1) is 0 Å². The molecule has 2 aromatic rings. The number of para-hydroxylation sites is 1. The van der Waals surface area contributed by atoms with E-state index in [4.69, 9.17) is 4.74 Å². The van der Waals surface area contributed by atoms with Crippen molar-refractivity contribution in [1.82, 2.24) is 10.3 Å². The fourth-order valence-corrected chi connectivity index (χ4v) is 1.88. The molecule has 1 aromatic carbocycles. The second kappa shape index (κ2) is 7.54. The lowest BCUT2D eigenvalue weighted by Crippen LogP contribution is -2.13. The van der Waals surface area contributed by atoms with E-state index in [-0.39, 0.29) is 0 Å². The number of hydrogen-bond acceptors (Lipinski definition) is 3. The highest BCUT2D eigenvalue weighted by Gasteiger charge is 2.02. The summed E-state index contributed by atoms with van der Waals surface area (Å²) in [4.78, 5) is 4.01. The molecule has 3 nitrogen and oxygen atoms in total. The number of rotatable bonds is 7. The van der Waals surface area contributed by atoms with Crippen molar-refractivity contribution in [3.8, 4) is 5.75 Å². The molecule has 0 aliphatic rings. The van der Waals surface area contributed by atoms with Gasteiger partial charge in [-0.15, -0.1) is 0 Å². The van der Waals surface area contributed by atoms with Gasteiger partial charge < -0.3 is 10.1 Å². The number of ether oxygens (including phenoxy) is 1. The number of nitrogens with zero attached hydrogens (tertiary/aromatic N) is 1. The molecule has 100 valence electrons. The Balaban J connectivity index is 1.88. The van der Waals surface area contributed by atoms with Gasteiger partial charge >= 0.3 is 0 Å². The molecule has 1 aromatic heterocycles. The third-order valence-corrected chi connectivity index (χ3v) is 2.94. The number of pyridine rings is 1. The van der Waals surface area contributed by atoms with Crippen LogP contribution in [0.4, 0.5) is 0 Å². The van der Waals surface area contributed by atoms with Gasteiger partial charge in [0.2, 0.25) is 0 Å². The summed E-state index contributed by atoms with van der Waals surface area (Å²) in [7, 11) is 0. The van der Waals surface area contributed by atoms with Gasteiger partial charge in [-0.05, 0) is 30.3 Å². The summed E-state index contributed by atoms with van der Waals surface area (Å²) in [5.41, 5.74) is 2.46. The van der Waals surface area contributed by atoms with Crippen molar-refractivity contribution in [2.75, 3.05) is 13.2 Å². The highest BCUT2D eigenvalue weighted by Crippen LogP contribution is 2.17. The van der Waals surface area contributed by atoms with Crippen molar-refractivity contribution in [3.05, 3.63) is 59.9 Å². The smallest absolute Gasteiger partial charge is 0.123 e. The van der Waals surface area contributed by atoms with Crippen LogP contribution in [0.3, 0.4) is 0 Å². The summed E-state index contributed by atoms with van der Waals surface area (Å²) >= 11 is 0. The standard InChI is InChI=1S/C16H20N2O/c1-2-17-13-15-5-3-4-6-16(15)19-12-9-14-7-10-18-11-8-14/h3-8,10-11,17H,2,9,12-13H2,1H3. The maximum atomic E-state index is 5.88. The molecule has 0 saturated carbocycles. The molecule has 1 N–H and O–H groups in total. The van der Waals surface area contributed by atoms with Crippen molar-refractivity contribution >= 4 is 0 Å². The Morgan fingerprint density at radius 1 is 1.11 bits per heavy atom. The van der Waals surface area contributed by atoms with Crippen LogP contribution in [0.1, 0.15) is 18.1 Å². The zero-order valence-corrected chi connectivity index (χ0v) is 11.3. The van der Waals surface area contributed by atoms with Crippen molar-refractivity contribution in [2.24, 2.45) is 0 Å². The largest absolute Gasteiger partial charge is 0.493 e. The predicted molar refractivity (Wildman–Crippen MR) is 77.3 cm³/mol. The molecule has 0 fully saturated rings. The van der Waals surface area contributed by atoms with Crippen molar-refractivity contribution in [2.45, 2.75) is 19.9 Å². The minimum Gasteiger partial charge on any atom is -0.493 e. The summed E-state index contributed by atoms with van der Waals surface area (Å²) in [6, 6.07) is 12.2. The molecule has 0 radical (unpaired) electrons. The molecule has 0 atom stereocenters. The van der Waals surface area contributed by atoms with Crippen LogP contribution in [0.5, 0.6) is 5.75 Å². The average Bonchev–Trinajstić information content (AvgIpc) is 2.47. The highest BCUT2D eigenvalue weighted by atomic mass is 16.5. The van der Waals surface area contributed by atoms with Crippen LogP contribution in [-0.2, 0) is 13.0 Å². The number of hydrogen-bond donors (Lipinski definition) is 1. The lowest BCUT2D eigenvalue weighted by atomic mass is 10.2. The van der Waals surface area contributed by atoms with Gasteiger partial charge in [-0.25, -0.2) is 0 Å². The topological polar surface area (TPSA) is 34.1 Å². The van der Waals surface area contributed by atoms with Crippen LogP contribution < -0.4 is 10.1 Å². The highest BCUT2D eigenvalue weighted by molar-refractivity contribution is 5.33. The fourth-order valence-electron chi connectivity index (χ4n) is 1.88. The molecule has 0 amide bonds. The van der Waals surface area contributed by atoms with E-state index < -0.39 is 0 Å².